The fourth-order valence-corrected chi connectivity index (χ4v) is 4.56. The van der Waals surface area contributed by atoms with Crippen molar-refractivity contribution in [3.8, 4) is 0 Å². The minimum Gasteiger partial charge on any atom is -0.348 e. The highest BCUT2D eigenvalue weighted by Crippen LogP contribution is 2.29. The van der Waals surface area contributed by atoms with Crippen LogP contribution in [0.2, 0.25) is 0 Å². The van der Waals surface area contributed by atoms with Gasteiger partial charge in [0, 0.05) is 0 Å². The minimum atomic E-state index is -3.57. The molecule has 0 fully saturated rings. The van der Waals surface area contributed by atoms with E-state index in [4.69, 9.17) is 0 Å². The Morgan fingerprint density at radius 1 is 1.14 bits per heavy atom. The Hall–Kier alpha value is -2.34. The molecule has 6 heteroatoms. The van der Waals surface area contributed by atoms with Crippen molar-refractivity contribution < 1.29 is 13.2 Å². The molecule has 0 saturated carbocycles. The van der Waals surface area contributed by atoms with E-state index in [0.717, 1.165) is 36.6 Å². The summed E-state index contributed by atoms with van der Waals surface area (Å²) in [6, 6.07) is 15.4. The number of nitrogens with one attached hydrogen (secondary N) is 1. The Morgan fingerprint density at radius 3 is 2.46 bits per heavy atom. The zero-order chi connectivity index (χ0) is 20.3. The molecule has 28 heavy (non-hydrogen) atoms. The predicted molar refractivity (Wildman–Crippen MR) is 113 cm³/mol. The van der Waals surface area contributed by atoms with E-state index in [1.807, 2.05) is 30.3 Å². The Balaban J connectivity index is 1.76. The summed E-state index contributed by atoms with van der Waals surface area (Å²) in [7, 11) is -3.57. The smallest absolute Gasteiger partial charge is 0.241 e. The van der Waals surface area contributed by atoms with Gasteiger partial charge in [0.05, 0.1) is 18.0 Å². The number of anilines is 1. The van der Waals surface area contributed by atoms with E-state index in [0.29, 0.717) is 11.6 Å². The zero-order valence-electron chi connectivity index (χ0n) is 16.7. The second kappa shape index (κ2) is 8.35. The number of amides is 1. The van der Waals surface area contributed by atoms with Crippen molar-refractivity contribution >= 4 is 21.6 Å². The van der Waals surface area contributed by atoms with E-state index in [9.17, 15) is 13.2 Å². The molecule has 0 saturated heterocycles. The summed E-state index contributed by atoms with van der Waals surface area (Å²) in [6.07, 6.45) is 4.02. The van der Waals surface area contributed by atoms with Crippen LogP contribution in [0.15, 0.2) is 48.5 Å². The normalized spacial score (nSPS) is 16.5. The van der Waals surface area contributed by atoms with Gasteiger partial charge in [0.1, 0.15) is 6.54 Å². The number of carbonyl (C=O) groups excluding carboxylic acids is 1. The summed E-state index contributed by atoms with van der Waals surface area (Å²) in [4.78, 5) is 12.7. The number of aryl methyl sites for hydroxylation is 1. The molecule has 2 aromatic rings. The van der Waals surface area contributed by atoms with Gasteiger partial charge in [0.25, 0.3) is 0 Å². The number of fused-ring (bicyclic) bond motifs is 1. The SMILES string of the molecule is CC(C)c1ccc(N(CC(=O)N[C@@H]2CCCc3ccccc32)S(C)(=O)=O)cc1. The topological polar surface area (TPSA) is 66.5 Å². The Morgan fingerprint density at radius 2 is 1.82 bits per heavy atom. The van der Waals surface area contributed by atoms with Gasteiger partial charge in [-0.2, -0.15) is 0 Å². The van der Waals surface area contributed by atoms with Gasteiger partial charge < -0.3 is 5.32 Å². The maximum atomic E-state index is 12.7. The molecule has 0 unspecified atom stereocenters. The van der Waals surface area contributed by atoms with Gasteiger partial charge in [0.15, 0.2) is 0 Å². The third kappa shape index (κ3) is 4.73. The molecule has 0 heterocycles. The molecule has 1 amide bonds. The molecule has 1 aliphatic carbocycles. The second-order valence-electron chi connectivity index (χ2n) is 7.73. The molecule has 5 nitrogen and oxygen atoms in total. The van der Waals surface area contributed by atoms with Crippen molar-refractivity contribution in [2.75, 3.05) is 17.1 Å². The summed E-state index contributed by atoms with van der Waals surface area (Å²) >= 11 is 0. The first kappa shape index (κ1) is 20.4. The van der Waals surface area contributed by atoms with Gasteiger partial charge in [-0.25, -0.2) is 8.42 Å². The maximum Gasteiger partial charge on any atom is 0.241 e. The third-order valence-electron chi connectivity index (χ3n) is 5.24. The van der Waals surface area contributed by atoms with Crippen molar-refractivity contribution in [2.45, 2.75) is 45.1 Å². The molecule has 1 aliphatic rings. The Labute approximate surface area is 167 Å². The monoisotopic (exact) mass is 400 g/mol. The van der Waals surface area contributed by atoms with Crippen molar-refractivity contribution in [3.63, 3.8) is 0 Å². The lowest BCUT2D eigenvalue weighted by Crippen LogP contribution is -2.42. The largest absolute Gasteiger partial charge is 0.348 e. The number of hydrogen-bond acceptors (Lipinski definition) is 3. The Bertz CT molecular complexity index is 937. The standard InChI is InChI=1S/C22H28N2O3S/c1-16(2)17-11-13-19(14-12-17)24(28(3,26)27)15-22(25)23-21-10-6-8-18-7-4-5-9-20(18)21/h4-5,7,9,11-14,16,21H,6,8,10,15H2,1-3H3,(H,23,25)/t21-/m1/s1. The second-order valence-corrected chi connectivity index (χ2v) is 9.63. The van der Waals surface area contributed by atoms with Crippen molar-refractivity contribution in [2.24, 2.45) is 0 Å². The molecule has 0 aliphatic heterocycles. The summed E-state index contributed by atoms with van der Waals surface area (Å²) in [5, 5.41) is 3.03. The van der Waals surface area contributed by atoms with Crippen molar-refractivity contribution in [1.29, 1.82) is 0 Å². The average molecular weight is 401 g/mol. The van der Waals surface area contributed by atoms with Crippen LogP contribution >= 0.6 is 0 Å². The summed E-state index contributed by atoms with van der Waals surface area (Å²) in [5.74, 6) is 0.0652. The lowest BCUT2D eigenvalue weighted by Gasteiger charge is -2.28. The number of nitrogens with zero attached hydrogens (tertiary/aromatic N) is 1. The van der Waals surface area contributed by atoms with Crippen LogP contribution in [-0.2, 0) is 21.2 Å². The van der Waals surface area contributed by atoms with Crippen LogP contribution in [0.3, 0.4) is 0 Å². The fraction of sp³-hybridized carbons (Fsp3) is 0.409. The average Bonchev–Trinajstić information content (AvgIpc) is 2.66. The highest BCUT2D eigenvalue weighted by Gasteiger charge is 2.25. The van der Waals surface area contributed by atoms with E-state index in [1.165, 1.54) is 9.87 Å². The molecule has 0 bridgehead atoms. The van der Waals surface area contributed by atoms with Crippen LogP contribution in [0.1, 0.15) is 55.3 Å². The van der Waals surface area contributed by atoms with Crippen LogP contribution in [0.5, 0.6) is 0 Å². The number of hydrogen-bond donors (Lipinski definition) is 1. The highest BCUT2D eigenvalue weighted by atomic mass is 32.2. The first-order valence-electron chi connectivity index (χ1n) is 9.70. The predicted octanol–water partition coefficient (Wildman–Crippen LogP) is 3.77. The quantitative estimate of drug-likeness (QED) is 0.803. The summed E-state index contributed by atoms with van der Waals surface area (Å²) in [5.41, 5.74) is 4.02. The van der Waals surface area contributed by atoms with Crippen LogP contribution in [0.4, 0.5) is 5.69 Å². The molecule has 1 atom stereocenters. The van der Waals surface area contributed by atoms with Crippen molar-refractivity contribution in [3.05, 3.63) is 65.2 Å². The molecular weight excluding hydrogens is 372 g/mol. The number of rotatable bonds is 6. The lowest BCUT2D eigenvalue weighted by molar-refractivity contribution is -0.120. The number of benzene rings is 2. The molecule has 0 spiro atoms. The van der Waals surface area contributed by atoms with Crippen LogP contribution in [-0.4, -0.2) is 27.1 Å². The van der Waals surface area contributed by atoms with E-state index in [2.05, 4.69) is 25.2 Å². The molecule has 0 radical (unpaired) electrons. The molecule has 2 aromatic carbocycles. The Kier molecular flexibility index (Phi) is 6.08. The molecule has 1 N–H and O–H groups in total. The minimum absolute atomic E-state index is 0.0674. The van der Waals surface area contributed by atoms with Crippen LogP contribution in [0.25, 0.3) is 0 Å². The summed E-state index contributed by atoms with van der Waals surface area (Å²) in [6.45, 7) is 3.94. The van der Waals surface area contributed by atoms with Gasteiger partial charge >= 0.3 is 0 Å². The number of carbonyl (C=O) groups is 1. The number of sulfonamides is 1. The fourth-order valence-electron chi connectivity index (χ4n) is 3.70. The van der Waals surface area contributed by atoms with Gasteiger partial charge in [-0.05, 0) is 54.0 Å². The first-order valence-corrected chi connectivity index (χ1v) is 11.6. The van der Waals surface area contributed by atoms with Crippen LogP contribution < -0.4 is 9.62 Å². The summed E-state index contributed by atoms with van der Waals surface area (Å²) < 4.78 is 25.8. The molecule has 3 rings (SSSR count). The highest BCUT2D eigenvalue weighted by molar-refractivity contribution is 7.92. The van der Waals surface area contributed by atoms with Gasteiger partial charge in [-0.1, -0.05) is 50.2 Å². The van der Waals surface area contributed by atoms with Gasteiger partial charge in [0.2, 0.25) is 15.9 Å². The molecule has 150 valence electrons. The lowest BCUT2D eigenvalue weighted by atomic mass is 9.88. The van der Waals surface area contributed by atoms with E-state index >= 15 is 0 Å². The van der Waals surface area contributed by atoms with E-state index < -0.39 is 10.0 Å². The van der Waals surface area contributed by atoms with E-state index in [-0.39, 0.29) is 18.5 Å². The first-order chi connectivity index (χ1) is 13.3. The zero-order valence-corrected chi connectivity index (χ0v) is 17.5. The molecular formula is C22H28N2O3S. The third-order valence-corrected chi connectivity index (χ3v) is 6.38. The van der Waals surface area contributed by atoms with E-state index in [1.54, 1.807) is 12.1 Å². The van der Waals surface area contributed by atoms with Gasteiger partial charge in [-0.3, -0.25) is 9.10 Å². The van der Waals surface area contributed by atoms with Crippen molar-refractivity contribution in [1.82, 2.24) is 5.32 Å². The van der Waals surface area contributed by atoms with Gasteiger partial charge in [-0.15, -0.1) is 0 Å². The molecule has 0 aromatic heterocycles. The van der Waals surface area contributed by atoms with Crippen LogP contribution in [0, 0.1) is 0 Å². The maximum absolute atomic E-state index is 12.7.